The van der Waals surface area contributed by atoms with E-state index in [0.29, 0.717) is 11.7 Å². The summed E-state index contributed by atoms with van der Waals surface area (Å²) < 4.78 is 12.4. The van der Waals surface area contributed by atoms with Gasteiger partial charge >= 0.3 is 58.9 Å². The summed E-state index contributed by atoms with van der Waals surface area (Å²) in [6, 6.07) is 11.9. The monoisotopic (exact) mass is 433 g/mol. The van der Waals surface area contributed by atoms with Crippen molar-refractivity contribution in [3.8, 4) is 0 Å². The Hall–Kier alpha value is -2.93. The molecule has 4 rings (SSSR count). The number of nitrogens with zero attached hydrogens (tertiary/aromatic N) is 2. The van der Waals surface area contributed by atoms with E-state index in [4.69, 9.17) is 0 Å². The molecular formula is C25H33BFN5. The second kappa shape index (κ2) is 11.6. The normalized spacial score (nSPS) is 16.3. The molecule has 1 aromatic carbocycles. The van der Waals surface area contributed by atoms with Crippen LogP contribution >= 0.6 is 0 Å². The van der Waals surface area contributed by atoms with Crippen molar-refractivity contribution in [2.75, 3.05) is 20.1 Å². The maximum absolute atomic E-state index is 12.4. The number of rotatable bonds is 6. The first-order valence-corrected chi connectivity index (χ1v) is 11.1. The van der Waals surface area contributed by atoms with E-state index in [1.54, 1.807) is 5.97 Å². The van der Waals surface area contributed by atoms with Crippen molar-refractivity contribution in [2.45, 2.75) is 39.2 Å². The van der Waals surface area contributed by atoms with Crippen LogP contribution in [-0.2, 0) is 6.54 Å². The van der Waals surface area contributed by atoms with E-state index in [2.05, 4.69) is 70.3 Å². The molecule has 1 unspecified atom stereocenters. The number of pyridine rings is 1. The SMILES string of the molecule is C=C(NCc1cc2cc(C)ccc2[nH]1)NC1CCCN(C)C1.CB=Cc1cc(F)ccn1. The van der Waals surface area contributed by atoms with Gasteiger partial charge in [-0.25, -0.2) is 0 Å². The number of aromatic amines is 1. The van der Waals surface area contributed by atoms with Crippen LogP contribution in [0.15, 0.2) is 55.0 Å². The maximum atomic E-state index is 12.4. The van der Waals surface area contributed by atoms with Gasteiger partial charge in [0.25, 0.3) is 0 Å². The Bertz CT molecular complexity index is 1060. The minimum atomic E-state index is -0.247. The zero-order valence-electron chi connectivity index (χ0n) is 19.3. The Balaban J connectivity index is 0.000000243. The molecule has 1 aliphatic heterocycles. The quantitative estimate of drug-likeness (QED) is 0.517. The molecule has 1 aliphatic rings. The number of hydrogen-bond acceptors (Lipinski definition) is 4. The summed E-state index contributed by atoms with van der Waals surface area (Å²) in [4.78, 5) is 9.72. The summed E-state index contributed by atoms with van der Waals surface area (Å²) in [7, 11) is 2.18. The van der Waals surface area contributed by atoms with Gasteiger partial charge in [-0.15, -0.1) is 0 Å². The predicted octanol–water partition coefficient (Wildman–Crippen LogP) is 3.84. The van der Waals surface area contributed by atoms with Gasteiger partial charge in [0.05, 0.1) is 12.4 Å². The molecule has 1 fully saturated rings. The summed E-state index contributed by atoms with van der Waals surface area (Å²) >= 11 is 0. The number of piperidine rings is 1. The Morgan fingerprint density at radius 1 is 1.34 bits per heavy atom. The Morgan fingerprint density at radius 3 is 2.94 bits per heavy atom. The van der Waals surface area contributed by atoms with Crippen LogP contribution in [-0.4, -0.2) is 53.9 Å². The van der Waals surface area contributed by atoms with E-state index in [-0.39, 0.29) is 5.82 Å². The van der Waals surface area contributed by atoms with Gasteiger partial charge in [0.1, 0.15) is 0 Å². The van der Waals surface area contributed by atoms with E-state index >= 15 is 0 Å². The minimum absolute atomic E-state index is 0.247. The first kappa shape index (κ1) is 23.7. The Labute approximate surface area is 191 Å². The first-order valence-electron chi connectivity index (χ1n) is 11.1. The summed E-state index contributed by atoms with van der Waals surface area (Å²) in [5, 5.41) is 8.15. The third-order valence-corrected chi connectivity index (χ3v) is 5.41. The van der Waals surface area contributed by atoms with Crippen molar-refractivity contribution in [1.82, 2.24) is 25.5 Å². The summed E-state index contributed by atoms with van der Waals surface area (Å²) in [6.45, 7) is 13.0. The van der Waals surface area contributed by atoms with Crippen LogP contribution in [0.2, 0.25) is 6.82 Å². The van der Waals surface area contributed by atoms with Crippen molar-refractivity contribution >= 4 is 23.8 Å². The molecule has 0 aliphatic carbocycles. The molecule has 1 saturated heterocycles. The molecule has 0 amide bonds. The third-order valence-electron chi connectivity index (χ3n) is 5.41. The van der Waals surface area contributed by atoms with Crippen molar-refractivity contribution < 1.29 is 4.39 Å². The van der Waals surface area contributed by atoms with Crippen LogP contribution in [0, 0.1) is 12.7 Å². The molecule has 1 atom stereocenters. The van der Waals surface area contributed by atoms with Gasteiger partial charge in [0.2, 0.25) is 0 Å². The van der Waals surface area contributed by atoms with E-state index in [9.17, 15) is 4.39 Å². The van der Waals surface area contributed by atoms with Crippen molar-refractivity contribution in [2.24, 2.45) is 0 Å². The number of likely N-dealkylation sites (tertiary alicyclic amines) is 1. The average molecular weight is 433 g/mol. The molecular weight excluding hydrogens is 400 g/mol. The standard InChI is InChI=1S/C18H26N4.C7H7BFN/c1-13-6-7-18-15(9-13)10-17(21-18)11-19-14(2)20-16-5-4-8-22(3)12-16;1-8-5-7-4-6(9)2-3-10-7/h6-7,9-10,16,19-21H,2,4-5,8,11-12H2,1,3H3;2-5H,1H3. The van der Waals surface area contributed by atoms with Crippen LogP contribution in [0.5, 0.6) is 0 Å². The van der Waals surface area contributed by atoms with Crippen molar-refractivity contribution in [1.29, 1.82) is 0 Å². The Kier molecular flexibility index (Phi) is 8.62. The van der Waals surface area contributed by atoms with E-state index in [1.165, 1.54) is 59.9 Å². The second-order valence-corrected chi connectivity index (χ2v) is 8.36. The fourth-order valence-electron chi connectivity index (χ4n) is 3.87. The van der Waals surface area contributed by atoms with Gasteiger partial charge in [0.15, 0.2) is 0 Å². The van der Waals surface area contributed by atoms with Crippen molar-refractivity contribution in [3.63, 3.8) is 0 Å². The molecule has 2 aromatic heterocycles. The Morgan fingerprint density at radius 2 is 2.19 bits per heavy atom. The van der Waals surface area contributed by atoms with Gasteiger partial charge in [-0.3, -0.25) is 0 Å². The van der Waals surface area contributed by atoms with E-state index < -0.39 is 0 Å². The van der Waals surface area contributed by atoms with Gasteiger partial charge in [-0.1, -0.05) is 18.2 Å². The summed E-state index contributed by atoms with van der Waals surface area (Å²) in [5.41, 5.74) is 4.32. The third kappa shape index (κ3) is 7.34. The number of halogens is 1. The van der Waals surface area contributed by atoms with Gasteiger partial charge in [-0.05, 0) is 56.9 Å². The molecule has 0 bridgehead atoms. The molecule has 32 heavy (non-hydrogen) atoms. The average Bonchev–Trinajstić information content (AvgIpc) is 3.15. The van der Waals surface area contributed by atoms with Crippen molar-refractivity contribution in [3.05, 3.63) is 77.8 Å². The van der Waals surface area contributed by atoms with E-state index in [1.807, 2.05) is 13.7 Å². The number of aromatic nitrogens is 2. The summed E-state index contributed by atoms with van der Waals surface area (Å²) in [6.07, 6.45) is 3.92. The number of fused-ring (bicyclic) bond motifs is 1. The molecule has 5 nitrogen and oxygen atoms in total. The van der Waals surface area contributed by atoms with Gasteiger partial charge in [-0.2, -0.15) is 0 Å². The topological polar surface area (TPSA) is 56.0 Å². The van der Waals surface area contributed by atoms with Crippen LogP contribution in [0.1, 0.15) is 29.8 Å². The second-order valence-electron chi connectivity index (χ2n) is 8.36. The molecule has 0 saturated carbocycles. The molecule has 168 valence electrons. The number of aryl methyl sites for hydroxylation is 1. The zero-order valence-corrected chi connectivity index (χ0v) is 19.3. The van der Waals surface area contributed by atoms with Gasteiger partial charge in [0, 0.05) is 23.8 Å². The van der Waals surface area contributed by atoms with Crippen LogP contribution in [0.25, 0.3) is 10.9 Å². The van der Waals surface area contributed by atoms with Crippen LogP contribution < -0.4 is 10.6 Å². The van der Waals surface area contributed by atoms with Crippen LogP contribution in [0.4, 0.5) is 4.39 Å². The number of nitrogens with one attached hydrogen (secondary N) is 3. The first-order chi connectivity index (χ1) is 15.4. The molecule has 3 aromatic rings. The molecule has 3 heterocycles. The number of hydrogen-bond donors (Lipinski definition) is 3. The number of likely N-dealkylation sites (N-methyl/N-ethyl adjacent to an activating group) is 1. The fourth-order valence-corrected chi connectivity index (χ4v) is 3.87. The number of H-pyrrole nitrogens is 1. The zero-order chi connectivity index (χ0) is 22.9. The van der Waals surface area contributed by atoms with Gasteiger partial charge < -0.3 is 20.5 Å². The number of benzene rings is 1. The molecule has 0 spiro atoms. The fraction of sp³-hybridized carbons (Fsp3) is 0.360. The molecule has 0 radical (unpaired) electrons. The molecule has 3 N–H and O–H groups in total. The summed E-state index contributed by atoms with van der Waals surface area (Å²) in [5.74, 6) is 2.42. The van der Waals surface area contributed by atoms with E-state index in [0.717, 1.165) is 18.9 Å². The van der Waals surface area contributed by atoms with Crippen LogP contribution in [0.3, 0.4) is 0 Å². The predicted molar refractivity (Wildman–Crippen MR) is 134 cm³/mol. The molecule has 7 heteroatoms.